The van der Waals surface area contributed by atoms with Gasteiger partial charge in [-0.2, -0.15) is 0 Å². The number of Topliss-reactive ketones (excluding diaryl/α,β-unsaturated/α-hetero) is 1. The Morgan fingerprint density at radius 3 is 2.09 bits per heavy atom. The number of nitrogens with one attached hydrogen (secondary N) is 2. The van der Waals surface area contributed by atoms with Crippen molar-refractivity contribution in [2.75, 3.05) is 6.54 Å². The number of amides is 3. The fraction of sp³-hybridized carbons (Fsp3) is 0.654. The highest BCUT2D eigenvalue weighted by atomic mass is 16.2. The van der Waals surface area contributed by atoms with Crippen LogP contribution in [-0.2, 0) is 4.79 Å². The maximum Gasteiger partial charge on any atom is 0.316 e. The average Bonchev–Trinajstić information content (AvgIpc) is 3.09. The van der Waals surface area contributed by atoms with Gasteiger partial charge >= 0.3 is 6.03 Å². The van der Waals surface area contributed by atoms with Crippen LogP contribution in [-0.4, -0.2) is 47.3 Å². The molecule has 1 aliphatic rings. The van der Waals surface area contributed by atoms with Crippen molar-refractivity contribution >= 4 is 17.7 Å². The Morgan fingerprint density at radius 2 is 1.62 bits per heavy atom. The first kappa shape index (κ1) is 25.9. The Kier molecular flexibility index (Phi) is 8.88. The minimum atomic E-state index is -0.676. The molecular formula is C26H41N3O3. The molecule has 4 atom stereocenters. The van der Waals surface area contributed by atoms with Crippen molar-refractivity contribution in [3.63, 3.8) is 0 Å². The van der Waals surface area contributed by atoms with Gasteiger partial charge in [0.25, 0.3) is 0 Å². The molecule has 1 heterocycles. The van der Waals surface area contributed by atoms with E-state index in [0.717, 1.165) is 19.3 Å². The van der Waals surface area contributed by atoms with Crippen LogP contribution in [0.3, 0.4) is 0 Å². The third kappa shape index (κ3) is 6.33. The summed E-state index contributed by atoms with van der Waals surface area (Å²) in [6.45, 7) is 14.8. The molecular weight excluding hydrogens is 402 g/mol. The monoisotopic (exact) mass is 443 g/mol. The summed E-state index contributed by atoms with van der Waals surface area (Å²) >= 11 is 0. The molecule has 0 saturated carbocycles. The first-order chi connectivity index (χ1) is 15.0. The van der Waals surface area contributed by atoms with Crippen LogP contribution in [0.1, 0.15) is 78.1 Å². The normalized spacial score (nSPS) is 20.7. The van der Waals surface area contributed by atoms with Gasteiger partial charge in [-0.25, -0.2) is 4.79 Å². The zero-order valence-corrected chi connectivity index (χ0v) is 20.8. The summed E-state index contributed by atoms with van der Waals surface area (Å²) in [6, 6.07) is 7.42. The number of urea groups is 1. The van der Waals surface area contributed by atoms with Gasteiger partial charge in [0.15, 0.2) is 5.78 Å². The molecule has 0 aliphatic carbocycles. The molecule has 1 aromatic carbocycles. The number of carbonyl (C=O) groups is 3. The summed E-state index contributed by atoms with van der Waals surface area (Å²) in [5, 5.41) is 5.83. The SMILES string of the molecule is CCC(CC)C(NC(=O)NC(C(=O)N1C[C@H](C)C[C@H]1C)C(C)(C)C)C(=O)c1ccccc1. The van der Waals surface area contributed by atoms with E-state index in [4.69, 9.17) is 0 Å². The Bertz CT molecular complexity index is 783. The fourth-order valence-electron chi connectivity index (χ4n) is 4.68. The summed E-state index contributed by atoms with van der Waals surface area (Å²) in [6.07, 6.45) is 2.51. The second-order valence-corrected chi connectivity index (χ2v) is 10.4. The van der Waals surface area contributed by atoms with Crippen LogP contribution < -0.4 is 10.6 Å². The van der Waals surface area contributed by atoms with E-state index in [0.29, 0.717) is 18.0 Å². The predicted octanol–water partition coefficient (Wildman–Crippen LogP) is 4.64. The van der Waals surface area contributed by atoms with Crippen molar-refractivity contribution in [3.8, 4) is 0 Å². The van der Waals surface area contributed by atoms with Crippen molar-refractivity contribution in [1.29, 1.82) is 0 Å². The van der Waals surface area contributed by atoms with E-state index in [-0.39, 0.29) is 23.7 Å². The summed E-state index contributed by atoms with van der Waals surface area (Å²) in [4.78, 5) is 41.6. The summed E-state index contributed by atoms with van der Waals surface area (Å²) in [7, 11) is 0. The highest BCUT2D eigenvalue weighted by molar-refractivity contribution is 6.02. The summed E-state index contributed by atoms with van der Waals surface area (Å²) in [5.74, 6) is 0.302. The molecule has 0 aromatic heterocycles. The summed E-state index contributed by atoms with van der Waals surface area (Å²) in [5.41, 5.74) is 0.112. The van der Waals surface area contributed by atoms with E-state index in [1.54, 1.807) is 12.1 Å². The first-order valence-corrected chi connectivity index (χ1v) is 12.0. The lowest BCUT2D eigenvalue weighted by Crippen LogP contribution is -2.59. The maximum absolute atomic E-state index is 13.4. The Labute approximate surface area is 193 Å². The van der Waals surface area contributed by atoms with Gasteiger partial charge in [0.1, 0.15) is 6.04 Å². The molecule has 2 unspecified atom stereocenters. The number of likely N-dealkylation sites (tertiary alicyclic amines) is 1. The minimum Gasteiger partial charge on any atom is -0.338 e. The van der Waals surface area contributed by atoms with Crippen molar-refractivity contribution in [2.24, 2.45) is 17.3 Å². The Hall–Kier alpha value is -2.37. The highest BCUT2D eigenvalue weighted by Crippen LogP contribution is 2.28. The number of carbonyl (C=O) groups excluding carboxylic acids is 3. The van der Waals surface area contributed by atoms with Crippen LogP contribution in [0.2, 0.25) is 0 Å². The maximum atomic E-state index is 13.4. The van der Waals surface area contributed by atoms with Gasteiger partial charge in [-0.3, -0.25) is 9.59 Å². The van der Waals surface area contributed by atoms with Crippen LogP contribution in [0, 0.1) is 17.3 Å². The number of benzene rings is 1. The standard InChI is InChI=1S/C26H41N3O3/c1-8-19(9-2)21(22(30)20-13-11-10-12-14-20)27-25(32)28-23(26(5,6)7)24(31)29-16-17(3)15-18(29)4/h10-14,17-19,21,23H,8-9,15-16H2,1-7H3,(H2,27,28,32)/t17-,18-,21?,23?/m1/s1. The molecule has 3 amide bonds. The van der Waals surface area contributed by atoms with Crippen LogP contribution in [0.4, 0.5) is 4.79 Å². The molecule has 1 saturated heterocycles. The molecule has 0 bridgehead atoms. The molecule has 6 heteroatoms. The molecule has 178 valence electrons. The molecule has 0 spiro atoms. The molecule has 2 N–H and O–H groups in total. The highest BCUT2D eigenvalue weighted by Gasteiger charge is 2.40. The quantitative estimate of drug-likeness (QED) is 0.574. The van der Waals surface area contributed by atoms with Crippen molar-refractivity contribution < 1.29 is 14.4 Å². The predicted molar refractivity (Wildman–Crippen MR) is 128 cm³/mol. The van der Waals surface area contributed by atoms with Gasteiger partial charge in [-0.05, 0) is 30.6 Å². The number of rotatable bonds is 8. The Morgan fingerprint density at radius 1 is 1.03 bits per heavy atom. The molecule has 6 nitrogen and oxygen atoms in total. The van der Waals surface area contributed by atoms with Crippen LogP contribution in [0.25, 0.3) is 0 Å². The first-order valence-electron chi connectivity index (χ1n) is 12.0. The van der Waals surface area contributed by atoms with Crippen molar-refractivity contribution in [2.45, 2.75) is 85.9 Å². The van der Waals surface area contributed by atoms with Gasteiger partial charge < -0.3 is 15.5 Å². The van der Waals surface area contributed by atoms with Crippen molar-refractivity contribution in [1.82, 2.24) is 15.5 Å². The zero-order chi connectivity index (χ0) is 24.1. The second-order valence-electron chi connectivity index (χ2n) is 10.4. The van der Waals surface area contributed by atoms with Crippen LogP contribution in [0.15, 0.2) is 30.3 Å². The van der Waals surface area contributed by atoms with Gasteiger partial charge in [0.2, 0.25) is 5.91 Å². The van der Waals surface area contributed by atoms with Gasteiger partial charge in [0, 0.05) is 18.2 Å². The smallest absolute Gasteiger partial charge is 0.316 e. The fourth-order valence-corrected chi connectivity index (χ4v) is 4.68. The summed E-state index contributed by atoms with van der Waals surface area (Å²) < 4.78 is 0. The lowest BCUT2D eigenvalue weighted by molar-refractivity contribution is -0.136. The molecule has 1 aromatic rings. The largest absolute Gasteiger partial charge is 0.338 e. The third-order valence-corrected chi connectivity index (χ3v) is 6.60. The van der Waals surface area contributed by atoms with E-state index in [1.807, 2.05) is 57.7 Å². The number of nitrogens with zero attached hydrogens (tertiary/aromatic N) is 1. The van der Waals surface area contributed by atoms with E-state index in [1.165, 1.54) is 0 Å². The topological polar surface area (TPSA) is 78.5 Å². The van der Waals surface area contributed by atoms with E-state index < -0.39 is 23.5 Å². The number of hydrogen-bond acceptors (Lipinski definition) is 3. The van der Waals surface area contributed by atoms with Gasteiger partial charge in [0.05, 0.1) is 6.04 Å². The zero-order valence-electron chi connectivity index (χ0n) is 20.8. The van der Waals surface area contributed by atoms with Gasteiger partial charge in [-0.15, -0.1) is 0 Å². The third-order valence-electron chi connectivity index (χ3n) is 6.60. The number of hydrogen-bond donors (Lipinski definition) is 2. The molecule has 2 rings (SSSR count). The lowest BCUT2D eigenvalue weighted by Gasteiger charge is -2.35. The van der Waals surface area contributed by atoms with Crippen LogP contribution >= 0.6 is 0 Å². The van der Waals surface area contributed by atoms with E-state index in [2.05, 4.69) is 24.5 Å². The average molecular weight is 444 g/mol. The van der Waals surface area contributed by atoms with Crippen molar-refractivity contribution in [3.05, 3.63) is 35.9 Å². The molecule has 1 aliphatic heterocycles. The molecule has 0 radical (unpaired) electrons. The van der Waals surface area contributed by atoms with E-state index >= 15 is 0 Å². The van der Waals surface area contributed by atoms with Crippen LogP contribution in [0.5, 0.6) is 0 Å². The minimum absolute atomic E-state index is 0.0108. The van der Waals surface area contributed by atoms with Gasteiger partial charge in [-0.1, -0.05) is 84.7 Å². The second kappa shape index (κ2) is 11.0. The number of ketones is 1. The molecule has 32 heavy (non-hydrogen) atoms. The Balaban J connectivity index is 2.21. The molecule has 1 fully saturated rings. The van der Waals surface area contributed by atoms with E-state index in [9.17, 15) is 14.4 Å². The lowest BCUT2D eigenvalue weighted by atomic mass is 9.85.